The van der Waals surface area contributed by atoms with Gasteiger partial charge in [-0.1, -0.05) is 35.9 Å². The molecule has 1 N–H and O–H groups in total. The molecule has 0 spiro atoms. The van der Waals surface area contributed by atoms with Gasteiger partial charge >= 0.3 is 0 Å². The molecule has 2 aromatic carbocycles. The third-order valence-corrected chi connectivity index (χ3v) is 3.48. The van der Waals surface area contributed by atoms with Crippen molar-refractivity contribution in [3.05, 3.63) is 64.4 Å². The summed E-state index contributed by atoms with van der Waals surface area (Å²) in [6.07, 6.45) is 0.135. The van der Waals surface area contributed by atoms with Crippen molar-refractivity contribution in [2.24, 2.45) is 0 Å². The zero-order valence-corrected chi connectivity index (χ0v) is 12.1. The molecule has 0 fully saturated rings. The van der Waals surface area contributed by atoms with Crippen LogP contribution in [0.15, 0.2) is 42.5 Å². The first kappa shape index (κ1) is 14.8. The summed E-state index contributed by atoms with van der Waals surface area (Å²) in [6.45, 7) is 1.64. The molecule has 0 aliphatic heterocycles. The number of hydrogen-bond donors (Lipinski definition) is 1. The lowest BCUT2D eigenvalue weighted by Crippen LogP contribution is -2.24. The quantitative estimate of drug-likeness (QED) is 0.925. The first-order valence-electron chi connectivity index (χ1n) is 6.24. The lowest BCUT2D eigenvalue weighted by atomic mass is 9.89. The average Bonchev–Trinajstić information content (AvgIpc) is 2.41. The summed E-state index contributed by atoms with van der Waals surface area (Å²) in [4.78, 5) is 0. The van der Waals surface area contributed by atoms with Crippen LogP contribution in [0.25, 0.3) is 0 Å². The van der Waals surface area contributed by atoms with Gasteiger partial charge in [0.1, 0.15) is 0 Å². The largest absolute Gasteiger partial charge is 0.494 e. The van der Waals surface area contributed by atoms with Gasteiger partial charge < -0.3 is 9.84 Å². The minimum absolute atomic E-state index is 0.135. The second kappa shape index (κ2) is 5.81. The maximum Gasteiger partial charge on any atom is 0.168 e. The van der Waals surface area contributed by atoms with Crippen molar-refractivity contribution < 1.29 is 14.2 Å². The van der Waals surface area contributed by atoms with E-state index in [1.54, 1.807) is 49.4 Å². The summed E-state index contributed by atoms with van der Waals surface area (Å²) in [7, 11) is 1.41. The van der Waals surface area contributed by atoms with Gasteiger partial charge in [0.15, 0.2) is 11.6 Å². The van der Waals surface area contributed by atoms with E-state index in [0.717, 1.165) is 0 Å². The van der Waals surface area contributed by atoms with Gasteiger partial charge in [-0.15, -0.1) is 0 Å². The van der Waals surface area contributed by atoms with Crippen LogP contribution >= 0.6 is 11.6 Å². The van der Waals surface area contributed by atoms with Gasteiger partial charge in [0, 0.05) is 11.4 Å². The van der Waals surface area contributed by atoms with E-state index < -0.39 is 11.4 Å². The van der Waals surface area contributed by atoms with E-state index in [1.807, 2.05) is 0 Å². The number of methoxy groups -OCH3 is 1. The number of halogens is 2. The van der Waals surface area contributed by atoms with Gasteiger partial charge in [0.25, 0.3) is 0 Å². The Morgan fingerprint density at radius 1 is 1.25 bits per heavy atom. The van der Waals surface area contributed by atoms with E-state index in [2.05, 4.69) is 0 Å². The van der Waals surface area contributed by atoms with Crippen molar-refractivity contribution in [1.82, 2.24) is 0 Å². The van der Waals surface area contributed by atoms with Crippen LogP contribution in [0.4, 0.5) is 4.39 Å². The van der Waals surface area contributed by atoms with Gasteiger partial charge in [-0.05, 0) is 36.2 Å². The maximum absolute atomic E-state index is 14.1. The second-order valence-corrected chi connectivity index (χ2v) is 5.33. The lowest BCUT2D eigenvalue weighted by Gasteiger charge is -2.24. The van der Waals surface area contributed by atoms with E-state index in [-0.39, 0.29) is 12.2 Å². The molecule has 0 aliphatic carbocycles. The van der Waals surface area contributed by atoms with Crippen molar-refractivity contribution in [2.75, 3.05) is 7.11 Å². The smallest absolute Gasteiger partial charge is 0.168 e. The summed E-state index contributed by atoms with van der Waals surface area (Å²) in [6, 6.07) is 11.8. The molecule has 0 radical (unpaired) electrons. The van der Waals surface area contributed by atoms with Crippen molar-refractivity contribution in [1.29, 1.82) is 0 Å². The Labute approximate surface area is 122 Å². The second-order valence-electron chi connectivity index (χ2n) is 4.89. The molecule has 2 rings (SSSR count). The molecule has 0 aliphatic rings. The molecular formula is C16H16ClFO2. The third kappa shape index (κ3) is 3.11. The first-order chi connectivity index (χ1) is 9.44. The summed E-state index contributed by atoms with van der Waals surface area (Å²) in [5.41, 5.74) is -0.167. The van der Waals surface area contributed by atoms with E-state index in [0.29, 0.717) is 16.1 Å². The minimum Gasteiger partial charge on any atom is -0.494 e. The Balaban J connectivity index is 2.33. The van der Waals surface area contributed by atoms with Crippen molar-refractivity contribution in [3.8, 4) is 5.75 Å². The molecular weight excluding hydrogens is 279 g/mol. The molecule has 2 nitrogen and oxygen atoms in total. The minimum atomic E-state index is -1.21. The van der Waals surface area contributed by atoms with Crippen LogP contribution in [0, 0.1) is 5.82 Å². The summed E-state index contributed by atoms with van der Waals surface area (Å²) >= 11 is 5.93. The molecule has 0 aromatic heterocycles. The van der Waals surface area contributed by atoms with E-state index in [4.69, 9.17) is 16.3 Å². The van der Waals surface area contributed by atoms with Crippen LogP contribution in [0.5, 0.6) is 5.75 Å². The molecule has 1 unspecified atom stereocenters. The van der Waals surface area contributed by atoms with Gasteiger partial charge in [-0.2, -0.15) is 0 Å². The Morgan fingerprint density at radius 3 is 2.60 bits per heavy atom. The summed E-state index contributed by atoms with van der Waals surface area (Å²) in [5.74, 6) is -0.276. The van der Waals surface area contributed by atoms with E-state index >= 15 is 0 Å². The Morgan fingerprint density at radius 2 is 1.95 bits per heavy atom. The molecule has 0 saturated carbocycles. The fourth-order valence-corrected chi connectivity index (χ4v) is 2.34. The molecule has 106 valence electrons. The Hall–Kier alpha value is -1.58. The predicted octanol–water partition coefficient (Wildman–Crippen LogP) is 3.94. The lowest BCUT2D eigenvalue weighted by molar-refractivity contribution is 0.0566. The SMILES string of the molecule is COc1cccc(CC(C)(O)c2cccc(Cl)c2)c1F. The summed E-state index contributed by atoms with van der Waals surface area (Å²) < 4.78 is 19.1. The molecule has 0 saturated heterocycles. The molecule has 0 heterocycles. The number of rotatable bonds is 4. The molecule has 4 heteroatoms. The highest BCUT2D eigenvalue weighted by molar-refractivity contribution is 6.30. The van der Waals surface area contributed by atoms with Crippen molar-refractivity contribution >= 4 is 11.6 Å². The van der Waals surface area contributed by atoms with Gasteiger partial charge in [0.2, 0.25) is 0 Å². The fourth-order valence-electron chi connectivity index (χ4n) is 2.15. The number of aliphatic hydroxyl groups is 1. The van der Waals surface area contributed by atoms with Crippen LogP contribution in [0.3, 0.4) is 0 Å². The number of ether oxygens (including phenoxy) is 1. The summed E-state index contributed by atoms with van der Waals surface area (Å²) in [5, 5.41) is 11.1. The van der Waals surface area contributed by atoms with E-state index in [9.17, 15) is 9.50 Å². The molecule has 20 heavy (non-hydrogen) atoms. The van der Waals surface area contributed by atoms with Crippen LogP contribution in [-0.4, -0.2) is 12.2 Å². The highest BCUT2D eigenvalue weighted by Crippen LogP contribution is 2.30. The Bertz CT molecular complexity index is 611. The van der Waals surface area contributed by atoms with Gasteiger partial charge in [-0.3, -0.25) is 0 Å². The number of hydrogen-bond acceptors (Lipinski definition) is 2. The topological polar surface area (TPSA) is 29.5 Å². The predicted molar refractivity (Wildman–Crippen MR) is 77.7 cm³/mol. The third-order valence-electron chi connectivity index (χ3n) is 3.24. The normalized spacial score (nSPS) is 13.8. The molecule has 1 atom stereocenters. The molecule has 0 bridgehead atoms. The van der Waals surface area contributed by atoms with Crippen LogP contribution in [-0.2, 0) is 12.0 Å². The van der Waals surface area contributed by atoms with Crippen LogP contribution < -0.4 is 4.74 Å². The van der Waals surface area contributed by atoms with Gasteiger partial charge in [-0.25, -0.2) is 4.39 Å². The van der Waals surface area contributed by atoms with Crippen LogP contribution in [0.1, 0.15) is 18.1 Å². The van der Waals surface area contributed by atoms with Crippen LogP contribution in [0.2, 0.25) is 5.02 Å². The van der Waals surface area contributed by atoms with Gasteiger partial charge in [0.05, 0.1) is 12.7 Å². The average molecular weight is 295 g/mol. The highest BCUT2D eigenvalue weighted by Gasteiger charge is 2.26. The zero-order chi connectivity index (χ0) is 14.8. The van der Waals surface area contributed by atoms with E-state index in [1.165, 1.54) is 7.11 Å². The van der Waals surface area contributed by atoms with Crippen molar-refractivity contribution in [2.45, 2.75) is 18.9 Å². The molecule has 2 aromatic rings. The zero-order valence-electron chi connectivity index (χ0n) is 11.4. The maximum atomic E-state index is 14.1. The standard InChI is InChI=1S/C16H16ClFO2/c1-16(19,12-6-4-7-13(17)9-12)10-11-5-3-8-14(20-2)15(11)18/h3-9,19H,10H2,1-2H3. The number of benzene rings is 2. The monoisotopic (exact) mass is 294 g/mol. The first-order valence-corrected chi connectivity index (χ1v) is 6.61. The molecule has 0 amide bonds. The Kier molecular flexibility index (Phi) is 4.31. The fraction of sp³-hybridized carbons (Fsp3) is 0.250. The highest BCUT2D eigenvalue weighted by atomic mass is 35.5. The van der Waals surface area contributed by atoms with Crippen molar-refractivity contribution in [3.63, 3.8) is 0 Å².